The molecule has 1 rings (SSSR count). The summed E-state index contributed by atoms with van der Waals surface area (Å²) < 4.78 is 36.9. The van der Waals surface area contributed by atoms with Crippen molar-refractivity contribution in [2.45, 2.75) is 6.18 Å². The number of hydrogen-bond acceptors (Lipinski definition) is 3. The largest absolute Gasteiger partial charge is 0.401 e. The molecule has 4 nitrogen and oxygen atoms in total. The number of rotatable bonds is 6. The highest BCUT2D eigenvalue weighted by Gasteiger charge is 2.31. The number of anilines is 1. The van der Waals surface area contributed by atoms with E-state index >= 15 is 0 Å². The lowest BCUT2D eigenvalue weighted by Gasteiger charge is -2.22. The van der Waals surface area contributed by atoms with Crippen LogP contribution in [0.1, 0.15) is 0 Å². The minimum atomic E-state index is -4.35. The molecule has 1 aromatic rings. The number of amides is 1. The van der Waals surface area contributed by atoms with Gasteiger partial charge in [-0.2, -0.15) is 13.2 Å². The van der Waals surface area contributed by atoms with E-state index in [1.165, 1.54) is 0 Å². The Bertz CT molecular complexity index is 395. The second-order valence-electron chi connectivity index (χ2n) is 4.03. The van der Waals surface area contributed by atoms with Gasteiger partial charge in [-0.1, -0.05) is 18.2 Å². The third kappa shape index (κ3) is 6.78. The van der Waals surface area contributed by atoms with Crippen LogP contribution < -0.4 is 11.1 Å². The van der Waals surface area contributed by atoms with Crippen LogP contribution in [0.3, 0.4) is 0 Å². The van der Waals surface area contributed by atoms with Crippen LogP contribution in [0.25, 0.3) is 0 Å². The third-order valence-electron chi connectivity index (χ3n) is 2.27. The number of halogens is 3. The average Bonchev–Trinajstić information content (AvgIpc) is 2.28. The van der Waals surface area contributed by atoms with Gasteiger partial charge in [-0.3, -0.25) is 9.69 Å². The molecule has 0 bridgehead atoms. The van der Waals surface area contributed by atoms with Crippen molar-refractivity contribution in [3.8, 4) is 0 Å². The number of alkyl halides is 3. The van der Waals surface area contributed by atoms with E-state index in [4.69, 9.17) is 5.73 Å². The van der Waals surface area contributed by atoms with E-state index in [0.717, 1.165) is 4.90 Å². The normalized spacial score (nSPS) is 11.6. The van der Waals surface area contributed by atoms with Gasteiger partial charge in [-0.25, -0.2) is 0 Å². The molecule has 0 atom stereocenters. The molecule has 7 heteroatoms. The summed E-state index contributed by atoms with van der Waals surface area (Å²) in [5.74, 6) is -0.496. The molecule has 0 saturated carbocycles. The van der Waals surface area contributed by atoms with E-state index in [2.05, 4.69) is 5.32 Å². The summed E-state index contributed by atoms with van der Waals surface area (Å²) in [6.07, 6.45) is -4.35. The van der Waals surface area contributed by atoms with Gasteiger partial charge in [0.25, 0.3) is 0 Å². The minimum Gasteiger partial charge on any atom is -0.329 e. The van der Waals surface area contributed by atoms with Gasteiger partial charge in [0.05, 0.1) is 13.1 Å². The number of carbonyl (C=O) groups excluding carboxylic acids is 1. The molecule has 0 aliphatic heterocycles. The summed E-state index contributed by atoms with van der Waals surface area (Å²) in [5, 5.41) is 2.53. The molecule has 0 aliphatic carbocycles. The van der Waals surface area contributed by atoms with Crippen molar-refractivity contribution in [2.75, 3.05) is 31.5 Å². The topological polar surface area (TPSA) is 58.4 Å². The van der Waals surface area contributed by atoms with Gasteiger partial charge in [0.15, 0.2) is 0 Å². The average molecular weight is 275 g/mol. The maximum Gasteiger partial charge on any atom is 0.401 e. The summed E-state index contributed by atoms with van der Waals surface area (Å²) in [5.41, 5.74) is 5.78. The number of para-hydroxylation sites is 1. The van der Waals surface area contributed by atoms with Gasteiger partial charge in [0, 0.05) is 18.8 Å². The lowest BCUT2D eigenvalue weighted by Crippen LogP contribution is -2.42. The summed E-state index contributed by atoms with van der Waals surface area (Å²) in [6, 6.07) is 8.55. The summed E-state index contributed by atoms with van der Waals surface area (Å²) in [4.78, 5) is 12.6. The van der Waals surface area contributed by atoms with Crippen LogP contribution >= 0.6 is 0 Å². The van der Waals surface area contributed by atoms with Crippen molar-refractivity contribution in [2.24, 2.45) is 5.73 Å². The summed E-state index contributed by atoms with van der Waals surface area (Å²) in [6.45, 7) is -1.41. The molecular weight excluding hydrogens is 259 g/mol. The Kier molecular flexibility index (Phi) is 5.78. The monoisotopic (exact) mass is 275 g/mol. The molecule has 1 aromatic carbocycles. The van der Waals surface area contributed by atoms with Gasteiger partial charge in [-0.15, -0.1) is 0 Å². The highest BCUT2D eigenvalue weighted by molar-refractivity contribution is 5.92. The van der Waals surface area contributed by atoms with Crippen LogP contribution in [0.4, 0.5) is 18.9 Å². The number of benzene rings is 1. The Balaban J connectivity index is 2.51. The zero-order valence-electron chi connectivity index (χ0n) is 10.3. The molecule has 19 heavy (non-hydrogen) atoms. The number of nitrogens with two attached hydrogens (primary N) is 1. The Morgan fingerprint density at radius 1 is 1.26 bits per heavy atom. The quantitative estimate of drug-likeness (QED) is 0.826. The van der Waals surface area contributed by atoms with Gasteiger partial charge >= 0.3 is 6.18 Å². The molecule has 0 spiro atoms. The zero-order chi connectivity index (χ0) is 14.3. The third-order valence-corrected chi connectivity index (χ3v) is 2.27. The van der Waals surface area contributed by atoms with E-state index in [-0.39, 0.29) is 19.6 Å². The van der Waals surface area contributed by atoms with E-state index < -0.39 is 18.6 Å². The lowest BCUT2D eigenvalue weighted by atomic mass is 10.3. The van der Waals surface area contributed by atoms with E-state index in [9.17, 15) is 18.0 Å². The van der Waals surface area contributed by atoms with Crippen molar-refractivity contribution < 1.29 is 18.0 Å². The van der Waals surface area contributed by atoms with Crippen LogP contribution in [0.2, 0.25) is 0 Å². The first-order chi connectivity index (χ1) is 8.90. The lowest BCUT2D eigenvalue weighted by molar-refractivity contribution is -0.147. The molecule has 0 fully saturated rings. The maximum atomic E-state index is 12.3. The van der Waals surface area contributed by atoms with Crippen molar-refractivity contribution in [3.63, 3.8) is 0 Å². The molecule has 0 aromatic heterocycles. The number of hydrogen-bond donors (Lipinski definition) is 2. The van der Waals surface area contributed by atoms with Crippen LogP contribution in [-0.4, -0.2) is 43.2 Å². The predicted octanol–water partition coefficient (Wildman–Crippen LogP) is 1.45. The second-order valence-corrected chi connectivity index (χ2v) is 4.03. The Morgan fingerprint density at radius 2 is 1.89 bits per heavy atom. The fourth-order valence-electron chi connectivity index (χ4n) is 1.58. The number of nitrogens with zero attached hydrogens (tertiary/aromatic N) is 1. The predicted molar refractivity (Wildman–Crippen MR) is 66.6 cm³/mol. The molecule has 106 valence electrons. The van der Waals surface area contributed by atoms with Crippen LogP contribution in [0, 0.1) is 0 Å². The van der Waals surface area contributed by atoms with E-state index in [1.807, 2.05) is 0 Å². The summed E-state index contributed by atoms with van der Waals surface area (Å²) in [7, 11) is 0. The fraction of sp³-hybridized carbons (Fsp3) is 0.417. The number of nitrogens with one attached hydrogen (secondary N) is 1. The van der Waals surface area contributed by atoms with Crippen molar-refractivity contribution in [1.82, 2.24) is 4.90 Å². The highest BCUT2D eigenvalue weighted by atomic mass is 19.4. The van der Waals surface area contributed by atoms with Crippen molar-refractivity contribution >= 4 is 11.6 Å². The van der Waals surface area contributed by atoms with Crippen LogP contribution in [0.5, 0.6) is 0 Å². The van der Waals surface area contributed by atoms with E-state index in [1.54, 1.807) is 30.3 Å². The molecule has 3 N–H and O–H groups in total. The van der Waals surface area contributed by atoms with Gasteiger partial charge < -0.3 is 11.1 Å². The zero-order valence-corrected chi connectivity index (χ0v) is 10.3. The van der Waals surface area contributed by atoms with Crippen LogP contribution in [-0.2, 0) is 4.79 Å². The van der Waals surface area contributed by atoms with Crippen LogP contribution in [0.15, 0.2) is 30.3 Å². The standard InChI is InChI=1S/C12H16F3N3O/c13-12(14,15)9-18(7-6-16)8-11(19)17-10-4-2-1-3-5-10/h1-5H,6-9,16H2,(H,17,19). The molecule has 0 radical (unpaired) electrons. The first-order valence-electron chi connectivity index (χ1n) is 5.75. The molecule has 0 aliphatic rings. The van der Waals surface area contributed by atoms with Gasteiger partial charge in [0.1, 0.15) is 0 Å². The van der Waals surface area contributed by atoms with Crippen molar-refractivity contribution in [3.05, 3.63) is 30.3 Å². The number of carbonyl (C=O) groups is 1. The van der Waals surface area contributed by atoms with Gasteiger partial charge in [0.2, 0.25) is 5.91 Å². The first kappa shape index (κ1) is 15.5. The molecular formula is C12H16F3N3O. The highest BCUT2D eigenvalue weighted by Crippen LogP contribution is 2.16. The second kappa shape index (κ2) is 7.10. The maximum absolute atomic E-state index is 12.3. The van der Waals surface area contributed by atoms with Gasteiger partial charge in [-0.05, 0) is 12.1 Å². The SMILES string of the molecule is NCCN(CC(=O)Nc1ccccc1)CC(F)(F)F. The molecule has 0 heterocycles. The Morgan fingerprint density at radius 3 is 2.42 bits per heavy atom. The molecule has 0 saturated heterocycles. The Labute approximate surface area is 109 Å². The Hall–Kier alpha value is -1.60. The summed E-state index contributed by atoms with van der Waals surface area (Å²) >= 11 is 0. The van der Waals surface area contributed by atoms with Crippen molar-refractivity contribution in [1.29, 1.82) is 0 Å². The minimum absolute atomic E-state index is 0.0156. The molecule has 1 amide bonds. The fourth-order valence-corrected chi connectivity index (χ4v) is 1.58. The van der Waals surface area contributed by atoms with E-state index in [0.29, 0.717) is 5.69 Å². The first-order valence-corrected chi connectivity index (χ1v) is 5.75. The smallest absolute Gasteiger partial charge is 0.329 e. The molecule has 0 unspecified atom stereocenters.